The number of halogens is 4. The first-order valence-electron chi connectivity index (χ1n) is 8.50. The van der Waals surface area contributed by atoms with Gasteiger partial charge in [0.25, 0.3) is 0 Å². The monoisotopic (exact) mass is 392 g/mol. The summed E-state index contributed by atoms with van der Waals surface area (Å²) >= 11 is 6.06. The fourth-order valence-corrected chi connectivity index (χ4v) is 3.48. The van der Waals surface area contributed by atoms with Crippen molar-refractivity contribution in [2.24, 2.45) is 0 Å². The van der Waals surface area contributed by atoms with Crippen molar-refractivity contribution >= 4 is 34.1 Å². The van der Waals surface area contributed by atoms with Gasteiger partial charge in [0, 0.05) is 37.8 Å². The topological polar surface area (TPSA) is 32.3 Å². The summed E-state index contributed by atoms with van der Waals surface area (Å²) < 4.78 is 38.3. The van der Waals surface area contributed by atoms with E-state index < -0.39 is 11.7 Å². The van der Waals surface area contributed by atoms with E-state index in [0.29, 0.717) is 32.0 Å². The van der Waals surface area contributed by atoms with Crippen LogP contribution < -0.4 is 9.80 Å². The van der Waals surface area contributed by atoms with Gasteiger partial charge >= 0.3 is 6.18 Å². The van der Waals surface area contributed by atoms with E-state index in [0.717, 1.165) is 29.0 Å². The number of nitrogens with zero attached hydrogens (tertiary/aromatic N) is 4. The maximum absolute atomic E-state index is 12.8. The highest BCUT2D eigenvalue weighted by atomic mass is 35.5. The van der Waals surface area contributed by atoms with Crippen molar-refractivity contribution in [3.8, 4) is 0 Å². The minimum Gasteiger partial charge on any atom is -0.353 e. The summed E-state index contributed by atoms with van der Waals surface area (Å²) in [4.78, 5) is 12.7. The minimum absolute atomic E-state index is 0.0158. The van der Waals surface area contributed by atoms with Gasteiger partial charge in [-0.1, -0.05) is 29.8 Å². The third-order valence-electron chi connectivity index (χ3n) is 4.64. The normalized spacial score (nSPS) is 15.4. The van der Waals surface area contributed by atoms with Crippen molar-refractivity contribution in [2.45, 2.75) is 6.18 Å². The highest BCUT2D eigenvalue weighted by molar-refractivity contribution is 6.33. The molecule has 1 saturated heterocycles. The number of pyridine rings is 2. The molecule has 8 heteroatoms. The molecule has 1 fully saturated rings. The average molecular weight is 393 g/mol. The Balaban J connectivity index is 1.48. The second-order valence-electron chi connectivity index (χ2n) is 6.36. The first-order chi connectivity index (χ1) is 12.9. The summed E-state index contributed by atoms with van der Waals surface area (Å²) in [6.07, 6.45) is -3.62. The summed E-state index contributed by atoms with van der Waals surface area (Å²) in [7, 11) is 0. The summed E-state index contributed by atoms with van der Waals surface area (Å²) in [6.45, 7) is 2.58. The lowest BCUT2D eigenvalue weighted by molar-refractivity contribution is -0.137. The Morgan fingerprint density at radius 3 is 2.33 bits per heavy atom. The molecule has 0 aliphatic carbocycles. The molecule has 3 heterocycles. The molecule has 1 aliphatic rings. The van der Waals surface area contributed by atoms with Crippen LogP contribution in [0.1, 0.15) is 5.56 Å². The standard InChI is InChI=1S/C19H16ClF3N4/c20-15-11-14(19(21,22)23)12-24-18(15)27-9-7-26(8-10-27)17-6-5-13-3-1-2-4-16(13)25-17/h1-6,11-12H,7-10H2. The van der Waals surface area contributed by atoms with Crippen molar-refractivity contribution in [3.05, 3.63) is 59.2 Å². The van der Waals surface area contributed by atoms with Crippen LogP contribution >= 0.6 is 11.6 Å². The first-order valence-corrected chi connectivity index (χ1v) is 8.88. The predicted molar refractivity (Wildman–Crippen MR) is 100 cm³/mol. The summed E-state index contributed by atoms with van der Waals surface area (Å²) in [5, 5.41) is 1.10. The van der Waals surface area contributed by atoms with Crippen LogP contribution in [0.5, 0.6) is 0 Å². The van der Waals surface area contributed by atoms with Gasteiger partial charge in [0.1, 0.15) is 11.6 Å². The molecule has 4 rings (SSSR count). The summed E-state index contributed by atoms with van der Waals surface area (Å²) in [5.74, 6) is 1.27. The van der Waals surface area contributed by atoms with E-state index >= 15 is 0 Å². The van der Waals surface area contributed by atoms with E-state index in [4.69, 9.17) is 16.6 Å². The highest BCUT2D eigenvalue weighted by Gasteiger charge is 2.32. The Labute approximate surface area is 159 Å². The molecular formula is C19H16ClF3N4. The second-order valence-corrected chi connectivity index (χ2v) is 6.77. The fourth-order valence-electron chi connectivity index (χ4n) is 3.20. The minimum atomic E-state index is -4.45. The van der Waals surface area contributed by atoms with E-state index in [1.165, 1.54) is 0 Å². The van der Waals surface area contributed by atoms with Gasteiger partial charge in [-0.3, -0.25) is 0 Å². The van der Waals surface area contributed by atoms with E-state index in [-0.39, 0.29) is 5.02 Å². The molecule has 0 N–H and O–H groups in total. The number of fused-ring (bicyclic) bond motifs is 1. The summed E-state index contributed by atoms with van der Waals surface area (Å²) in [5.41, 5.74) is 0.0973. The molecular weight excluding hydrogens is 377 g/mol. The Kier molecular flexibility index (Phi) is 4.55. The van der Waals surface area contributed by atoms with Gasteiger partial charge in [-0.25, -0.2) is 9.97 Å². The molecule has 4 nitrogen and oxygen atoms in total. The van der Waals surface area contributed by atoms with Crippen molar-refractivity contribution < 1.29 is 13.2 Å². The zero-order valence-electron chi connectivity index (χ0n) is 14.2. The van der Waals surface area contributed by atoms with Crippen LogP contribution in [-0.2, 0) is 6.18 Å². The lowest BCUT2D eigenvalue weighted by Gasteiger charge is -2.36. The Bertz CT molecular complexity index is 969. The molecule has 3 aromatic rings. The van der Waals surface area contributed by atoms with Crippen molar-refractivity contribution in [2.75, 3.05) is 36.0 Å². The zero-order chi connectivity index (χ0) is 19.0. The van der Waals surface area contributed by atoms with Crippen LogP contribution in [0, 0.1) is 0 Å². The molecule has 1 aliphatic heterocycles. The number of para-hydroxylation sites is 1. The molecule has 0 amide bonds. The zero-order valence-corrected chi connectivity index (χ0v) is 15.0. The van der Waals surface area contributed by atoms with Crippen LogP contribution in [0.2, 0.25) is 5.02 Å². The Hall–Kier alpha value is -2.54. The van der Waals surface area contributed by atoms with E-state index in [9.17, 15) is 13.2 Å². The molecule has 1 aromatic carbocycles. The molecule has 0 atom stereocenters. The molecule has 0 unspecified atom stereocenters. The molecule has 0 spiro atoms. The largest absolute Gasteiger partial charge is 0.417 e. The van der Waals surface area contributed by atoms with Crippen LogP contribution in [0.4, 0.5) is 24.8 Å². The van der Waals surface area contributed by atoms with Crippen molar-refractivity contribution in [1.29, 1.82) is 0 Å². The smallest absolute Gasteiger partial charge is 0.353 e. The highest BCUT2D eigenvalue weighted by Crippen LogP contribution is 2.34. The lowest BCUT2D eigenvalue weighted by Crippen LogP contribution is -2.47. The third-order valence-corrected chi connectivity index (χ3v) is 4.91. The van der Waals surface area contributed by atoms with E-state index in [1.54, 1.807) is 0 Å². The molecule has 27 heavy (non-hydrogen) atoms. The molecule has 0 saturated carbocycles. The van der Waals surface area contributed by atoms with Crippen molar-refractivity contribution in [3.63, 3.8) is 0 Å². The van der Waals surface area contributed by atoms with Crippen LogP contribution in [-0.4, -0.2) is 36.1 Å². The maximum Gasteiger partial charge on any atom is 0.417 e. The lowest BCUT2D eigenvalue weighted by atomic mass is 10.2. The van der Waals surface area contributed by atoms with E-state index in [1.807, 2.05) is 41.3 Å². The molecule has 2 aromatic heterocycles. The SMILES string of the molecule is FC(F)(F)c1cnc(N2CCN(c3ccc4ccccc4n3)CC2)c(Cl)c1. The molecule has 0 bridgehead atoms. The van der Waals surface area contributed by atoms with Gasteiger partial charge in [0.05, 0.1) is 16.1 Å². The number of benzene rings is 1. The van der Waals surface area contributed by atoms with Crippen molar-refractivity contribution in [1.82, 2.24) is 9.97 Å². The predicted octanol–water partition coefficient (Wildman–Crippen LogP) is 4.63. The van der Waals surface area contributed by atoms with E-state index in [2.05, 4.69) is 9.88 Å². The second kappa shape index (κ2) is 6.88. The first kappa shape index (κ1) is 17.9. The maximum atomic E-state index is 12.8. The Morgan fingerprint density at radius 2 is 1.63 bits per heavy atom. The average Bonchev–Trinajstić information content (AvgIpc) is 2.67. The van der Waals surface area contributed by atoms with Gasteiger partial charge in [-0.2, -0.15) is 13.2 Å². The number of alkyl halides is 3. The Morgan fingerprint density at radius 1 is 0.926 bits per heavy atom. The van der Waals surface area contributed by atoms with Crippen LogP contribution in [0.3, 0.4) is 0 Å². The number of hydrogen-bond donors (Lipinski definition) is 0. The van der Waals surface area contributed by atoms with Gasteiger partial charge in [-0.15, -0.1) is 0 Å². The number of piperazine rings is 1. The van der Waals surface area contributed by atoms with Gasteiger partial charge in [0.2, 0.25) is 0 Å². The molecule has 140 valence electrons. The van der Waals surface area contributed by atoms with Gasteiger partial charge < -0.3 is 9.80 Å². The number of anilines is 2. The van der Waals surface area contributed by atoms with Gasteiger partial charge in [0.15, 0.2) is 0 Å². The molecule has 0 radical (unpaired) electrons. The van der Waals surface area contributed by atoms with Crippen LogP contribution in [0.25, 0.3) is 10.9 Å². The fraction of sp³-hybridized carbons (Fsp3) is 0.263. The quantitative estimate of drug-likeness (QED) is 0.636. The number of rotatable bonds is 2. The number of aromatic nitrogens is 2. The van der Waals surface area contributed by atoms with Gasteiger partial charge in [-0.05, 0) is 24.3 Å². The third kappa shape index (κ3) is 3.64. The summed E-state index contributed by atoms with van der Waals surface area (Å²) in [6, 6.07) is 12.9. The van der Waals surface area contributed by atoms with Crippen LogP contribution in [0.15, 0.2) is 48.7 Å². The number of hydrogen-bond acceptors (Lipinski definition) is 4.